The number of hydrogen-bond donors (Lipinski definition) is 0. The molecule has 1 aromatic heterocycles. The van der Waals surface area contributed by atoms with E-state index in [1.807, 2.05) is 66.7 Å². The van der Waals surface area contributed by atoms with Gasteiger partial charge in [0, 0.05) is 40.5 Å². The Morgan fingerprint density at radius 3 is 2.45 bits per heavy atom. The summed E-state index contributed by atoms with van der Waals surface area (Å²) >= 11 is 14.0. The van der Waals surface area contributed by atoms with Crippen molar-refractivity contribution in [2.75, 3.05) is 24.6 Å². The van der Waals surface area contributed by atoms with Crippen molar-refractivity contribution in [3.63, 3.8) is 0 Å². The molecule has 0 radical (unpaired) electrons. The number of aromatic nitrogens is 1. The molecule has 228 valence electrons. The van der Waals surface area contributed by atoms with Gasteiger partial charge in [-0.1, -0.05) is 64.9 Å². The fourth-order valence-electron chi connectivity index (χ4n) is 5.22. The number of rotatable bonds is 10. The zero-order valence-electron chi connectivity index (χ0n) is 25.0. The molecule has 5 rings (SSSR count). The first kappa shape index (κ1) is 31.6. The molecule has 0 saturated heterocycles. The monoisotopic (exact) mass is 649 g/mol. The van der Waals surface area contributed by atoms with Gasteiger partial charge in [0.2, 0.25) is 0 Å². The second kappa shape index (κ2) is 13.8. The van der Waals surface area contributed by atoms with Crippen LogP contribution < -0.4 is 24.5 Å². The van der Waals surface area contributed by atoms with Gasteiger partial charge in [-0.05, 0) is 75.2 Å². The summed E-state index contributed by atoms with van der Waals surface area (Å²) in [5, 5.41) is 1.10. The van der Waals surface area contributed by atoms with Gasteiger partial charge in [-0.15, -0.1) is 0 Å². The number of allylic oxidation sites excluding steroid dienone is 1. The topological polar surface area (TPSA) is 73.1 Å². The SMILES string of the molecule is CCOC(=O)C1=C(C)N=c2s/c(=C\c3ccc(N(CC)CC)cc3OCc3ccc(Cl)cc3)c(=O)n2[C@@H]1c1ccccc1Cl. The Kier molecular flexibility index (Phi) is 9.93. The van der Waals surface area contributed by atoms with Crippen LogP contribution in [-0.4, -0.2) is 30.2 Å². The maximum Gasteiger partial charge on any atom is 0.338 e. The number of fused-ring (bicyclic) bond motifs is 1. The number of esters is 1. The maximum atomic E-state index is 14.1. The van der Waals surface area contributed by atoms with Crippen LogP contribution in [0, 0.1) is 0 Å². The van der Waals surface area contributed by atoms with Crippen molar-refractivity contribution in [3.8, 4) is 5.75 Å². The molecule has 0 unspecified atom stereocenters. The molecule has 1 aliphatic rings. The van der Waals surface area contributed by atoms with Crippen molar-refractivity contribution in [1.82, 2.24) is 4.57 Å². The molecule has 0 saturated carbocycles. The first-order valence-corrected chi connectivity index (χ1v) is 16.0. The van der Waals surface area contributed by atoms with E-state index in [1.165, 1.54) is 15.9 Å². The third kappa shape index (κ3) is 6.48. The van der Waals surface area contributed by atoms with Crippen LogP contribution in [0.3, 0.4) is 0 Å². The number of hydrogen-bond acceptors (Lipinski definition) is 7. The molecule has 1 atom stereocenters. The minimum atomic E-state index is -0.785. The van der Waals surface area contributed by atoms with Crippen LogP contribution in [0.4, 0.5) is 5.69 Å². The molecule has 0 N–H and O–H groups in total. The molecule has 0 spiro atoms. The highest BCUT2D eigenvalue weighted by Gasteiger charge is 2.34. The van der Waals surface area contributed by atoms with Crippen molar-refractivity contribution in [3.05, 3.63) is 124 Å². The number of halogens is 2. The molecule has 0 amide bonds. The average Bonchev–Trinajstić information content (AvgIpc) is 3.32. The normalized spacial score (nSPS) is 14.7. The third-order valence-electron chi connectivity index (χ3n) is 7.44. The molecule has 0 bridgehead atoms. The molecule has 44 heavy (non-hydrogen) atoms. The van der Waals surface area contributed by atoms with Crippen LogP contribution in [0.2, 0.25) is 10.0 Å². The lowest BCUT2D eigenvalue weighted by atomic mass is 9.96. The lowest BCUT2D eigenvalue weighted by molar-refractivity contribution is -0.139. The Hall–Kier alpha value is -3.85. The summed E-state index contributed by atoms with van der Waals surface area (Å²) in [6, 6.07) is 19.9. The maximum absolute atomic E-state index is 14.1. The van der Waals surface area contributed by atoms with Crippen LogP contribution in [0.15, 0.2) is 87.8 Å². The Labute approximate surface area is 270 Å². The van der Waals surface area contributed by atoms with Crippen LogP contribution in [0.1, 0.15) is 50.4 Å². The van der Waals surface area contributed by atoms with Crippen molar-refractivity contribution in [2.24, 2.45) is 4.99 Å². The highest BCUT2D eigenvalue weighted by Crippen LogP contribution is 2.34. The Balaban J connectivity index is 1.65. The van der Waals surface area contributed by atoms with Crippen molar-refractivity contribution >= 4 is 52.3 Å². The summed E-state index contributed by atoms with van der Waals surface area (Å²) in [4.78, 5) is 34.7. The summed E-state index contributed by atoms with van der Waals surface area (Å²) in [6.45, 7) is 9.91. The van der Waals surface area contributed by atoms with E-state index in [1.54, 1.807) is 19.9 Å². The van der Waals surface area contributed by atoms with Gasteiger partial charge in [0.1, 0.15) is 18.4 Å². The summed E-state index contributed by atoms with van der Waals surface area (Å²) in [5.74, 6) is 0.110. The number of nitrogens with zero attached hydrogens (tertiary/aromatic N) is 3. The quantitative estimate of drug-likeness (QED) is 0.183. The second-order valence-corrected chi connectivity index (χ2v) is 12.0. The fourth-order valence-corrected chi connectivity index (χ4v) is 6.62. The van der Waals surface area contributed by atoms with Crippen LogP contribution in [0.25, 0.3) is 6.08 Å². The van der Waals surface area contributed by atoms with Crippen molar-refractivity contribution in [1.29, 1.82) is 0 Å². The predicted molar refractivity (Wildman–Crippen MR) is 178 cm³/mol. The molecule has 4 aromatic rings. The Bertz CT molecular complexity index is 1890. The standard InChI is InChI=1S/C34H33Cl2N3O4S/c1-5-38(6-2)25-17-14-23(28(19-25)43-20-22-12-15-24(35)16-13-22)18-29-32(40)39-31(26-10-8-9-11-27(26)36)30(33(41)42-7-3)21(4)37-34(39)44-29/h8-19,31H,5-7,20H2,1-4H3/b29-18-/t31-/m1/s1. The first-order valence-electron chi connectivity index (χ1n) is 14.5. The molecular formula is C34H33Cl2N3O4S. The summed E-state index contributed by atoms with van der Waals surface area (Å²) in [6.07, 6.45) is 1.82. The highest BCUT2D eigenvalue weighted by molar-refractivity contribution is 7.07. The van der Waals surface area contributed by atoms with E-state index in [4.69, 9.17) is 32.7 Å². The summed E-state index contributed by atoms with van der Waals surface area (Å²) < 4.78 is 13.7. The molecule has 10 heteroatoms. The number of carbonyl (C=O) groups is 1. The minimum Gasteiger partial charge on any atom is -0.488 e. The largest absolute Gasteiger partial charge is 0.488 e. The Morgan fingerprint density at radius 1 is 1.05 bits per heavy atom. The third-order valence-corrected chi connectivity index (χ3v) is 9.02. The number of benzene rings is 3. The van der Waals surface area contributed by atoms with E-state index in [9.17, 15) is 9.59 Å². The molecule has 2 heterocycles. The summed E-state index contributed by atoms with van der Waals surface area (Å²) in [7, 11) is 0. The number of ether oxygens (including phenoxy) is 2. The molecule has 3 aromatic carbocycles. The second-order valence-electron chi connectivity index (χ2n) is 10.1. The number of thiazole rings is 1. The minimum absolute atomic E-state index is 0.192. The molecule has 1 aliphatic heterocycles. The number of carbonyl (C=O) groups excluding carboxylic acids is 1. The van der Waals surface area contributed by atoms with Gasteiger partial charge in [-0.3, -0.25) is 9.36 Å². The highest BCUT2D eigenvalue weighted by atomic mass is 35.5. The van der Waals surface area contributed by atoms with Gasteiger partial charge in [-0.2, -0.15) is 0 Å². The van der Waals surface area contributed by atoms with Crippen LogP contribution in [0.5, 0.6) is 5.75 Å². The molecule has 0 fully saturated rings. The van der Waals surface area contributed by atoms with E-state index in [2.05, 4.69) is 23.7 Å². The van der Waals surface area contributed by atoms with Gasteiger partial charge in [-0.25, -0.2) is 9.79 Å². The van der Waals surface area contributed by atoms with Gasteiger partial charge < -0.3 is 14.4 Å². The zero-order valence-corrected chi connectivity index (χ0v) is 27.3. The first-order chi connectivity index (χ1) is 21.2. The summed E-state index contributed by atoms with van der Waals surface area (Å²) in [5.41, 5.74) is 3.84. The van der Waals surface area contributed by atoms with Crippen LogP contribution in [-0.2, 0) is 16.1 Å². The fraction of sp³-hybridized carbons (Fsp3) is 0.265. The smallest absolute Gasteiger partial charge is 0.338 e. The zero-order chi connectivity index (χ0) is 31.4. The van der Waals surface area contributed by atoms with Gasteiger partial charge in [0.25, 0.3) is 5.56 Å². The molecule has 7 nitrogen and oxygen atoms in total. The number of anilines is 1. The van der Waals surface area contributed by atoms with E-state index in [0.717, 1.165) is 29.9 Å². The van der Waals surface area contributed by atoms with E-state index < -0.39 is 12.0 Å². The van der Waals surface area contributed by atoms with E-state index in [-0.39, 0.29) is 17.7 Å². The van der Waals surface area contributed by atoms with E-state index >= 15 is 0 Å². The van der Waals surface area contributed by atoms with Gasteiger partial charge in [0.05, 0.1) is 22.4 Å². The average molecular weight is 651 g/mol. The lowest BCUT2D eigenvalue weighted by Gasteiger charge is -2.25. The van der Waals surface area contributed by atoms with Crippen LogP contribution >= 0.6 is 34.5 Å². The molecular weight excluding hydrogens is 617 g/mol. The van der Waals surface area contributed by atoms with Crippen molar-refractivity contribution < 1.29 is 14.3 Å². The lowest BCUT2D eigenvalue weighted by Crippen LogP contribution is -2.40. The Morgan fingerprint density at radius 2 is 1.77 bits per heavy atom. The van der Waals surface area contributed by atoms with E-state index in [0.29, 0.717) is 43.0 Å². The van der Waals surface area contributed by atoms with Gasteiger partial charge in [0.15, 0.2) is 4.80 Å². The van der Waals surface area contributed by atoms with Gasteiger partial charge >= 0.3 is 5.97 Å². The molecule has 0 aliphatic carbocycles. The van der Waals surface area contributed by atoms with Crippen molar-refractivity contribution in [2.45, 2.75) is 40.3 Å². The predicted octanol–water partition coefficient (Wildman–Crippen LogP) is 6.53.